The summed E-state index contributed by atoms with van der Waals surface area (Å²) in [4.78, 5) is 48.2. The number of aliphatic hydroxyl groups is 1. The van der Waals surface area contributed by atoms with Crippen LogP contribution in [-0.2, 0) is 14.3 Å². The molecule has 0 saturated carbocycles. The zero-order chi connectivity index (χ0) is 34.0. The van der Waals surface area contributed by atoms with Crippen LogP contribution >= 0.6 is 11.3 Å². The molecule has 5 rings (SSSR count). The Bertz CT molecular complexity index is 1560. The van der Waals surface area contributed by atoms with Crippen molar-refractivity contribution in [1.82, 2.24) is 25.3 Å². The van der Waals surface area contributed by atoms with E-state index < -0.39 is 23.7 Å². The van der Waals surface area contributed by atoms with Gasteiger partial charge in [-0.3, -0.25) is 9.59 Å². The molecule has 254 valence electrons. The van der Waals surface area contributed by atoms with Gasteiger partial charge < -0.3 is 34.2 Å². The number of carbonyl (C=O) groups is 3. The second kappa shape index (κ2) is 14.0. The van der Waals surface area contributed by atoms with Crippen molar-refractivity contribution in [2.24, 2.45) is 11.8 Å². The number of likely N-dealkylation sites (tertiary alicyclic amines) is 2. The summed E-state index contributed by atoms with van der Waals surface area (Å²) < 4.78 is 16.8. The Labute approximate surface area is 279 Å². The fourth-order valence-corrected chi connectivity index (χ4v) is 6.77. The number of benzene rings is 1. The van der Waals surface area contributed by atoms with E-state index in [1.807, 2.05) is 78.2 Å². The maximum atomic E-state index is 14.0. The average Bonchev–Trinajstić information content (AvgIpc) is 3.71. The van der Waals surface area contributed by atoms with Gasteiger partial charge in [0.2, 0.25) is 11.8 Å². The molecule has 47 heavy (non-hydrogen) atoms. The van der Waals surface area contributed by atoms with Gasteiger partial charge in [-0.1, -0.05) is 38.1 Å². The molecule has 2 aromatic heterocycles. The van der Waals surface area contributed by atoms with Crippen LogP contribution in [0.5, 0.6) is 5.88 Å². The molecular formula is C34H45N5O7S. The van der Waals surface area contributed by atoms with Crippen LogP contribution in [0.15, 0.2) is 40.4 Å². The first-order valence-electron chi connectivity index (χ1n) is 16.1. The first-order chi connectivity index (χ1) is 22.2. The Morgan fingerprint density at radius 1 is 1.13 bits per heavy atom. The van der Waals surface area contributed by atoms with Crippen LogP contribution in [0.1, 0.15) is 76.9 Å². The number of thiazole rings is 1. The third kappa shape index (κ3) is 8.13. The number of hydrogen-bond donors (Lipinski definition) is 2. The molecule has 2 fully saturated rings. The topological polar surface area (TPSA) is 147 Å². The van der Waals surface area contributed by atoms with Crippen LogP contribution in [0.2, 0.25) is 0 Å². The summed E-state index contributed by atoms with van der Waals surface area (Å²) in [6.45, 7) is 14.6. The Morgan fingerprint density at radius 2 is 1.83 bits per heavy atom. The van der Waals surface area contributed by atoms with Gasteiger partial charge in [-0.05, 0) is 56.8 Å². The van der Waals surface area contributed by atoms with E-state index in [1.54, 1.807) is 22.3 Å². The van der Waals surface area contributed by atoms with Crippen molar-refractivity contribution < 1.29 is 33.5 Å². The minimum Gasteiger partial charge on any atom is -0.475 e. The fourth-order valence-electron chi connectivity index (χ4n) is 5.96. The number of nitrogens with one attached hydrogen (secondary N) is 1. The molecule has 13 heteroatoms. The minimum atomic E-state index is -0.828. The number of ether oxygens (including phenoxy) is 2. The lowest BCUT2D eigenvalue weighted by molar-refractivity contribution is -0.141. The molecule has 12 nitrogen and oxygen atoms in total. The van der Waals surface area contributed by atoms with Crippen molar-refractivity contribution in [2.45, 2.75) is 84.6 Å². The molecule has 2 aliphatic heterocycles. The number of β-amino-alcohol motifs (C(OH)–C–C–N with tert-alkyl or cyclic N) is 1. The Morgan fingerprint density at radius 3 is 2.45 bits per heavy atom. The van der Waals surface area contributed by atoms with E-state index in [-0.39, 0.29) is 54.6 Å². The summed E-state index contributed by atoms with van der Waals surface area (Å²) in [5.74, 6) is -0.855. The maximum Gasteiger partial charge on any atom is 0.410 e. The molecule has 0 radical (unpaired) electrons. The van der Waals surface area contributed by atoms with Crippen molar-refractivity contribution in [2.75, 3.05) is 26.2 Å². The van der Waals surface area contributed by atoms with E-state index >= 15 is 0 Å². The Kier molecular flexibility index (Phi) is 10.3. The van der Waals surface area contributed by atoms with Crippen molar-refractivity contribution in [3.63, 3.8) is 0 Å². The van der Waals surface area contributed by atoms with E-state index in [1.165, 1.54) is 4.90 Å². The number of rotatable bonds is 10. The molecular weight excluding hydrogens is 622 g/mol. The van der Waals surface area contributed by atoms with Gasteiger partial charge in [-0.15, -0.1) is 11.3 Å². The maximum absolute atomic E-state index is 14.0. The van der Waals surface area contributed by atoms with Crippen LogP contribution in [0.4, 0.5) is 4.79 Å². The van der Waals surface area contributed by atoms with E-state index in [0.717, 1.165) is 21.7 Å². The predicted octanol–water partition coefficient (Wildman–Crippen LogP) is 4.93. The van der Waals surface area contributed by atoms with Gasteiger partial charge in [-0.25, -0.2) is 9.78 Å². The Hall–Kier alpha value is -3.97. The second-order valence-corrected chi connectivity index (χ2v) is 14.7. The fraction of sp³-hybridized carbons (Fsp3) is 0.559. The molecule has 0 bridgehead atoms. The van der Waals surface area contributed by atoms with Crippen molar-refractivity contribution >= 4 is 29.2 Å². The van der Waals surface area contributed by atoms with E-state index in [0.29, 0.717) is 25.5 Å². The van der Waals surface area contributed by atoms with E-state index in [2.05, 4.69) is 15.5 Å². The van der Waals surface area contributed by atoms with Gasteiger partial charge >= 0.3 is 6.09 Å². The number of aromatic nitrogens is 2. The Balaban J connectivity index is 1.18. The lowest BCUT2D eigenvalue weighted by atomic mass is 9.91. The molecule has 4 heterocycles. The zero-order valence-electron chi connectivity index (χ0n) is 28.1. The molecule has 4 atom stereocenters. The molecule has 3 aromatic rings. The quantitative estimate of drug-likeness (QED) is 0.307. The lowest BCUT2D eigenvalue weighted by Crippen LogP contribution is -2.53. The molecule has 0 unspecified atom stereocenters. The standard InChI is InChI=1S/C34H45N5O7S/c1-19(2)29(27-13-28(37-46-27)44-17-22-14-38(15-22)33(43)45-34(5,6)7)32(42)39-16-25(40)12-26(39)31(41)36-20(3)23-8-10-24(11-9-23)30-21(4)35-18-47-30/h8-11,13,18-20,22,25-26,29,40H,12,14-17H2,1-7H3,(H,36,41)/t20-,25+,26-,29+/m0/s1. The van der Waals surface area contributed by atoms with Gasteiger partial charge in [0.15, 0.2) is 5.76 Å². The number of carbonyl (C=O) groups excluding carboxylic acids is 3. The highest BCUT2D eigenvalue weighted by molar-refractivity contribution is 7.13. The summed E-state index contributed by atoms with van der Waals surface area (Å²) in [5.41, 5.74) is 4.24. The van der Waals surface area contributed by atoms with E-state index in [9.17, 15) is 19.5 Å². The smallest absolute Gasteiger partial charge is 0.410 e. The largest absolute Gasteiger partial charge is 0.475 e. The summed E-state index contributed by atoms with van der Waals surface area (Å²) in [7, 11) is 0. The number of aliphatic hydroxyl groups excluding tert-OH is 1. The molecule has 1 aromatic carbocycles. The number of hydrogen-bond acceptors (Lipinski definition) is 10. The predicted molar refractivity (Wildman–Crippen MR) is 176 cm³/mol. The monoisotopic (exact) mass is 667 g/mol. The molecule has 3 amide bonds. The van der Waals surface area contributed by atoms with Gasteiger partial charge in [-0.2, -0.15) is 0 Å². The minimum absolute atomic E-state index is 0.0464. The van der Waals surface area contributed by atoms with Gasteiger partial charge in [0, 0.05) is 38.0 Å². The van der Waals surface area contributed by atoms with Crippen LogP contribution in [0.25, 0.3) is 10.4 Å². The van der Waals surface area contributed by atoms with Crippen LogP contribution in [0.3, 0.4) is 0 Å². The first-order valence-corrected chi connectivity index (χ1v) is 16.9. The number of nitrogens with zero attached hydrogens (tertiary/aromatic N) is 4. The first kappa shape index (κ1) is 34.4. The molecule has 2 saturated heterocycles. The van der Waals surface area contributed by atoms with Crippen LogP contribution in [-0.4, -0.2) is 86.9 Å². The SMILES string of the molecule is Cc1ncsc1-c1ccc([C@H](C)NC(=O)[C@@H]2C[C@@H](O)CN2C(=O)[C@@H](c2cc(OCC3CN(C(=O)OC(C)(C)C)C3)no2)C(C)C)cc1. The highest BCUT2D eigenvalue weighted by Crippen LogP contribution is 2.33. The van der Waals surface area contributed by atoms with Crippen LogP contribution < -0.4 is 10.1 Å². The van der Waals surface area contributed by atoms with Crippen molar-refractivity contribution in [1.29, 1.82) is 0 Å². The summed E-state index contributed by atoms with van der Waals surface area (Å²) in [6.07, 6.45) is -1.03. The highest BCUT2D eigenvalue weighted by atomic mass is 32.1. The summed E-state index contributed by atoms with van der Waals surface area (Å²) >= 11 is 1.58. The average molecular weight is 668 g/mol. The van der Waals surface area contributed by atoms with Gasteiger partial charge in [0.1, 0.15) is 17.6 Å². The number of amides is 3. The molecule has 0 aliphatic carbocycles. The molecule has 2 aliphatic rings. The van der Waals surface area contributed by atoms with Crippen molar-refractivity contribution in [3.05, 3.63) is 52.9 Å². The zero-order valence-corrected chi connectivity index (χ0v) is 28.9. The normalized spacial score (nSPS) is 19.8. The third-order valence-electron chi connectivity index (χ3n) is 8.46. The lowest BCUT2D eigenvalue weighted by Gasteiger charge is -2.39. The number of aryl methyl sites for hydroxylation is 1. The van der Waals surface area contributed by atoms with Crippen molar-refractivity contribution in [3.8, 4) is 16.3 Å². The van der Waals surface area contributed by atoms with Gasteiger partial charge in [0.25, 0.3) is 5.88 Å². The molecule has 0 spiro atoms. The van der Waals surface area contributed by atoms with Gasteiger partial charge in [0.05, 0.1) is 34.8 Å². The molecule has 2 N–H and O–H groups in total. The van der Waals surface area contributed by atoms with Crippen LogP contribution in [0, 0.1) is 18.8 Å². The summed E-state index contributed by atoms with van der Waals surface area (Å²) in [6, 6.07) is 8.45. The third-order valence-corrected chi connectivity index (χ3v) is 9.44. The second-order valence-electron chi connectivity index (χ2n) is 13.9. The van der Waals surface area contributed by atoms with E-state index in [4.69, 9.17) is 14.0 Å². The highest BCUT2D eigenvalue weighted by Gasteiger charge is 2.43. The summed E-state index contributed by atoms with van der Waals surface area (Å²) in [5, 5.41) is 17.6.